The van der Waals surface area contributed by atoms with E-state index in [1.54, 1.807) is 0 Å². The van der Waals surface area contributed by atoms with E-state index in [1.165, 1.54) is 5.56 Å². The number of aliphatic hydroxyl groups is 1. The summed E-state index contributed by atoms with van der Waals surface area (Å²) in [5.41, 5.74) is 3.23. The van der Waals surface area contributed by atoms with Gasteiger partial charge in [-0.25, -0.2) is 0 Å². The van der Waals surface area contributed by atoms with Crippen LogP contribution in [-0.2, 0) is 4.79 Å². The Kier molecular flexibility index (Phi) is 6.19. The minimum Gasteiger partial charge on any atom is -0.396 e. The lowest BCUT2D eigenvalue weighted by atomic mass is 9.96. The molecule has 1 aromatic rings. The van der Waals surface area contributed by atoms with Crippen LogP contribution in [0, 0.1) is 12.8 Å². The number of aryl methyl sites for hydroxylation is 1. The second-order valence-electron chi connectivity index (χ2n) is 7.04. The summed E-state index contributed by atoms with van der Waals surface area (Å²) in [6, 6.07) is 5.99. The fraction of sp³-hybridized carbons (Fsp3) is 0.632. The molecule has 4 nitrogen and oxygen atoms in total. The van der Waals surface area contributed by atoms with Gasteiger partial charge in [-0.3, -0.25) is 9.69 Å². The molecule has 0 saturated carbocycles. The fourth-order valence-corrected chi connectivity index (χ4v) is 3.33. The van der Waals surface area contributed by atoms with Gasteiger partial charge in [0.05, 0.1) is 6.04 Å². The van der Waals surface area contributed by atoms with Gasteiger partial charge in [-0.15, -0.1) is 0 Å². The molecule has 1 heterocycles. The Hall–Kier alpha value is -1.39. The van der Waals surface area contributed by atoms with Crippen LogP contribution in [0.15, 0.2) is 18.2 Å². The molecule has 1 saturated heterocycles. The second kappa shape index (κ2) is 7.93. The molecule has 0 radical (unpaired) electrons. The van der Waals surface area contributed by atoms with Crippen molar-refractivity contribution in [2.24, 2.45) is 5.92 Å². The zero-order chi connectivity index (χ0) is 17.0. The summed E-state index contributed by atoms with van der Waals surface area (Å²) in [4.78, 5) is 14.9. The van der Waals surface area contributed by atoms with Gasteiger partial charge in [0.15, 0.2) is 0 Å². The summed E-state index contributed by atoms with van der Waals surface area (Å²) in [6.45, 7) is 10.2. The number of hydrogen-bond donors (Lipinski definition) is 2. The quantitative estimate of drug-likeness (QED) is 0.877. The maximum Gasteiger partial charge on any atom is 0.241 e. The first-order valence-corrected chi connectivity index (χ1v) is 8.69. The number of para-hydroxylation sites is 1. The highest BCUT2D eigenvalue weighted by atomic mass is 16.3. The lowest BCUT2D eigenvalue weighted by Gasteiger charge is -2.35. The third-order valence-corrected chi connectivity index (χ3v) is 4.91. The van der Waals surface area contributed by atoms with E-state index in [0.29, 0.717) is 11.8 Å². The maximum absolute atomic E-state index is 12.7. The maximum atomic E-state index is 12.7. The number of carbonyl (C=O) groups excluding carboxylic acids is 1. The molecule has 1 aromatic carbocycles. The van der Waals surface area contributed by atoms with E-state index in [2.05, 4.69) is 30.1 Å². The van der Waals surface area contributed by atoms with Crippen molar-refractivity contribution in [3.8, 4) is 0 Å². The van der Waals surface area contributed by atoms with Crippen LogP contribution in [0.5, 0.6) is 0 Å². The number of piperidine rings is 1. The Morgan fingerprint density at radius 2 is 2.13 bits per heavy atom. The summed E-state index contributed by atoms with van der Waals surface area (Å²) >= 11 is 0. The number of anilines is 1. The summed E-state index contributed by atoms with van der Waals surface area (Å²) in [5.74, 6) is 0.706. The molecule has 0 bridgehead atoms. The number of hydrogen-bond acceptors (Lipinski definition) is 3. The molecule has 128 valence electrons. The van der Waals surface area contributed by atoms with Gasteiger partial charge in [0.2, 0.25) is 5.91 Å². The summed E-state index contributed by atoms with van der Waals surface area (Å²) < 4.78 is 0. The zero-order valence-electron chi connectivity index (χ0n) is 14.8. The Labute approximate surface area is 139 Å². The van der Waals surface area contributed by atoms with Crippen LogP contribution >= 0.6 is 0 Å². The van der Waals surface area contributed by atoms with Crippen molar-refractivity contribution < 1.29 is 9.90 Å². The lowest BCUT2D eigenvalue weighted by molar-refractivity contribution is -0.121. The highest BCUT2D eigenvalue weighted by Gasteiger charge is 2.27. The zero-order valence-corrected chi connectivity index (χ0v) is 14.8. The Morgan fingerprint density at radius 3 is 2.78 bits per heavy atom. The number of carbonyl (C=O) groups is 1. The van der Waals surface area contributed by atoms with E-state index in [9.17, 15) is 9.90 Å². The normalized spacial score (nSPS) is 20.5. The Bertz CT molecular complexity index is 542. The summed E-state index contributed by atoms with van der Waals surface area (Å²) in [5, 5.41) is 12.5. The molecule has 1 aliphatic rings. The van der Waals surface area contributed by atoms with Crippen molar-refractivity contribution in [2.75, 3.05) is 25.0 Å². The smallest absolute Gasteiger partial charge is 0.241 e. The van der Waals surface area contributed by atoms with Gasteiger partial charge >= 0.3 is 0 Å². The molecule has 1 fully saturated rings. The molecule has 0 aliphatic carbocycles. The Balaban J connectivity index is 2.10. The first-order valence-electron chi connectivity index (χ1n) is 8.69. The molecule has 2 N–H and O–H groups in total. The number of amides is 1. The van der Waals surface area contributed by atoms with Crippen LogP contribution in [0.3, 0.4) is 0 Å². The van der Waals surface area contributed by atoms with Crippen LogP contribution in [0.2, 0.25) is 0 Å². The van der Waals surface area contributed by atoms with Gasteiger partial charge in [-0.05, 0) is 56.2 Å². The molecule has 2 atom stereocenters. The largest absolute Gasteiger partial charge is 0.396 e. The topological polar surface area (TPSA) is 52.6 Å². The van der Waals surface area contributed by atoms with Crippen molar-refractivity contribution in [3.05, 3.63) is 29.3 Å². The Morgan fingerprint density at radius 1 is 1.39 bits per heavy atom. The van der Waals surface area contributed by atoms with Crippen molar-refractivity contribution in [1.82, 2.24) is 4.90 Å². The molecule has 2 rings (SSSR count). The predicted octanol–water partition coefficient (Wildman–Crippen LogP) is 3.15. The lowest BCUT2D eigenvalue weighted by Crippen LogP contribution is -2.47. The van der Waals surface area contributed by atoms with Crippen LogP contribution < -0.4 is 5.32 Å². The van der Waals surface area contributed by atoms with E-state index >= 15 is 0 Å². The van der Waals surface area contributed by atoms with Gasteiger partial charge in [0, 0.05) is 18.8 Å². The molecule has 23 heavy (non-hydrogen) atoms. The predicted molar refractivity (Wildman–Crippen MR) is 94.7 cm³/mol. The van der Waals surface area contributed by atoms with Crippen LogP contribution in [0.25, 0.3) is 0 Å². The minimum absolute atomic E-state index is 0.0415. The number of likely N-dealkylation sites (tertiary alicyclic amines) is 1. The standard InChI is InChI=1S/C19H30N2O2/c1-13(2)17-9-5-7-14(3)18(17)20-19(23)15(4)21-10-6-8-16(11-21)12-22/h5,7,9,13,15-16,22H,6,8,10-12H2,1-4H3,(H,20,23). The van der Waals surface area contributed by atoms with Crippen LogP contribution in [-0.4, -0.2) is 41.7 Å². The molecule has 2 unspecified atom stereocenters. The minimum atomic E-state index is -0.177. The van der Waals surface area contributed by atoms with Gasteiger partial charge < -0.3 is 10.4 Å². The van der Waals surface area contributed by atoms with Gasteiger partial charge in [0.25, 0.3) is 0 Å². The van der Waals surface area contributed by atoms with E-state index in [0.717, 1.165) is 37.2 Å². The molecule has 1 aliphatic heterocycles. The number of aliphatic hydroxyl groups excluding tert-OH is 1. The monoisotopic (exact) mass is 318 g/mol. The summed E-state index contributed by atoms with van der Waals surface area (Å²) in [7, 11) is 0. The van der Waals surface area contributed by atoms with Crippen molar-refractivity contribution in [3.63, 3.8) is 0 Å². The number of nitrogens with zero attached hydrogens (tertiary/aromatic N) is 1. The van der Waals surface area contributed by atoms with Gasteiger partial charge in [0.1, 0.15) is 0 Å². The molecule has 0 aromatic heterocycles. The third-order valence-electron chi connectivity index (χ3n) is 4.91. The van der Waals surface area contributed by atoms with Crippen LogP contribution in [0.1, 0.15) is 50.7 Å². The number of benzene rings is 1. The molecule has 4 heteroatoms. The number of rotatable bonds is 5. The highest BCUT2D eigenvalue weighted by molar-refractivity contribution is 5.96. The SMILES string of the molecule is Cc1cccc(C(C)C)c1NC(=O)C(C)N1CCCC(CO)C1. The fourth-order valence-electron chi connectivity index (χ4n) is 3.33. The molecular weight excluding hydrogens is 288 g/mol. The van der Waals surface area contributed by atoms with E-state index in [1.807, 2.05) is 26.0 Å². The molecule has 0 spiro atoms. The summed E-state index contributed by atoms with van der Waals surface area (Å²) in [6.07, 6.45) is 2.10. The molecular formula is C19H30N2O2. The van der Waals surface area contributed by atoms with Gasteiger partial charge in [-0.2, -0.15) is 0 Å². The van der Waals surface area contributed by atoms with E-state index < -0.39 is 0 Å². The van der Waals surface area contributed by atoms with Crippen molar-refractivity contribution in [2.45, 2.75) is 52.5 Å². The first-order chi connectivity index (χ1) is 10.9. The molecule has 1 amide bonds. The van der Waals surface area contributed by atoms with E-state index in [-0.39, 0.29) is 18.6 Å². The number of nitrogens with one attached hydrogen (secondary N) is 1. The van der Waals surface area contributed by atoms with E-state index in [4.69, 9.17) is 0 Å². The van der Waals surface area contributed by atoms with Crippen molar-refractivity contribution >= 4 is 11.6 Å². The van der Waals surface area contributed by atoms with Crippen LogP contribution in [0.4, 0.5) is 5.69 Å². The first kappa shape index (κ1) is 18.0. The average Bonchev–Trinajstić information content (AvgIpc) is 2.55. The average molecular weight is 318 g/mol. The third kappa shape index (κ3) is 4.33. The van der Waals surface area contributed by atoms with Gasteiger partial charge in [-0.1, -0.05) is 32.0 Å². The second-order valence-corrected chi connectivity index (χ2v) is 7.04. The van der Waals surface area contributed by atoms with Crippen molar-refractivity contribution in [1.29, 1.82) is 0 Å². The highest BCUT2D eigenvalue weighted by Crippen LogP contribution is 2.28.